The van der Waals surface area contributed by atoms with E-state index in [-0.39, 0.29) is 5.57 Å². The number of allylic oxidation sites excluding steroid dienone is 8. The molecule has 4 nitrogen and oxygen atoms in total. The minimum Gasteiger partial charge on any atom is -0.360 e. The predicted molar refractivity (Wildman–Crippen MR) is 216 cm³/mol. The number of benzene rings is 5. The van der Waals surface area contributed by atoms with E-state index in [9.17, 15) is 10.5 Å². The van der Waals surface area contributed by atoms with Gasteiger partial charge >= 0.3 is 0 Å². The third-order valence-corrected chi connectivity index (χ3v) is 10.4. The molecule has 0 saturated carbocycles. The van der Waals surface area contributed by atoms with Crippen LogP contribution in [0.3, 0.4) is 0 Å². The Balaban J connectivity index is 1.23. The van der Waals surface area contributed by atoms with Crippen molar-refractivity contribution in [2.45, 2.75) is 11.8 Å². The summed E-state index contributed by atoms with van der Waals surface area (Å²) in [6.07, 6.45) is 13.1. The van der Waals surface area contributed by atoms with E-state index in [0.29, 0.717) is 11.1 Å². The number of nitriles is 2. The highest BCUT2D eigenvalue weighted by Gasteiger charge is 2.51. The molecule has 1 heterocycles. The summed E-state index contributed by atoms with van der Waals surface area (Å²) < 4.78 is 0. The van der Waals surface area contributed by atoms with Crippen LogP contribution in [-0.4, -0.2) is 11.2 Å². The van der Waals surface area contributed by atoms with Crippen LogP contribution in [0.25, 0.3) is 44.5 Å². The molecule has 0 aliphatic heterocycles. The number of nitrogens with one attached hydrogen (secondary N) is 2. The fourth-order valence-electron chi connectivity index (χ4n) is 8.07. The van der Waals surface area contributed by atoms with Gasteiger partial charge in [0.1, 0.15) is 12.1 Å². The average Bonchev–Trinajstić information content (AvgIpc) is 3.89. The second kappa shape index (κ2) is 13.5. The molecule has 2 aliphatic carbocycles. The number of fused-ring (bicyclic) bond motifs is 10. The van der Waals surface area contributed by atoms with Crippen molar-refractivity contribution >= 4 is 17.4 Å². The van der Waals surface area contributed by atoms with Crippen molar-refractivity contribution in [3.8, 4) is 45.5 Å². The first kappa shape index (κ1) is 32.9. The quantitative estimate of drug-likeness (QED) is 0.0904. The number of hydrogen-bond donors (Lipinski definition) is 2. The number of aromatic amines is 1. The average molecular weight is 679 g/mol. The van der Waals surface area contributed by atoms with Crippen LogP contribution >= 0.6 is 0 Å². The van der Waals surface area contributed by atoms with Gasteiger partial charge in [-0.15, -0.1) is 0 Å². The maximum atomic E-state index is 9.33. The molecule has 5 aromatic carbocycles. The van der Waals surface area contributed by atoms with E-state index in [2.05, 4.69) is 133 Å². The molecule has 2 aliphatic rings. The predicted octanol–water partition coefficient (Wildman–Crippen LogP) is 11.4. The van der Waals surface area contributed by atoms with Gasteiger partial charge in [0.25, 0.3) is 0 Å². The lowest BCUT2D eigenvalue weighted by Gasteiger charge is -2.30. The van der Waals surface area contributed by atoms with Gasteiger partial charge in [-0.25, -0.2) is 0 Å². The van der Waals surface area contributed by atoms with E-state index >= 15 is 0 Å². The van der Waals surface area contributed by atoms with E-state index < -0.39 is 5.41 Å². The Labute approximate surface area is 309 Å². The highest BCUT2D eigenvalue weighted by atomic mass is 14.7. The van der Waals surface area contributed by atoms with Gasteiger partial charge in [-0.05, 0) is 103 Å². The van der Waals surface area contributed by atoms with Crippen molar-refractivity contribution in [3.05, 3.63) is 215 Å². The fourth-order valence-corrected chi connectivity index (χ4v) is 8.07. The first-order valence-corrected chi connectivity index (χ1v) is 17.5. The molecule has 0 saturated heterocycles. The molecule has 1 spiro atoms. The summed E-state index contributed by atoms with van der Waals surface area (Å²) in [6, 6.07) is 45.8. The maximum Gasteiger partial charge on any atom is 0.101 e. The molecule has 0 bridgehead atoms. The number of aromatic nitrogens is 1. The largest absolute Gasteiger partial charge is 0.360 e. The molecule has 53 heavy (non-hydrogen) atoms. The molecule has 2 N–H and O–H groups in total. The number of rotatable bonds is 9. The van der Waals surface area contributed by atoms with Crippen molar-refractivity contribution in [3.63, 3.8) is 0 Å². The number of nitrogens with zero attached hydrogens (tertiary/aromatic N) is 2. The van der Waals surface area contributed by atoms with Gasteiger partial charge in [-0.3, -0.25) is 0 Å². The molecule has 0 fully saturated rings. The van der Waals surface area contributed by atoms with E-state index in [1.54, 1.807) is 18.3 Å². The van der Waals surface area contributed by atoms with Gasteiger partial charge < -0.3 is 10.4 Å². The Bertz CT molecular complexity index is 2620. The van der Waals surface area contributed by atoms with E-state index in [0.717, 1.165) is 40.6 Å². The number of H-pyrrole nitrogens is 1. The highest BCUT2D eigenvalue weighted by Crippen LogP contribution is 2.63. The zero-order valence-electron chi connectivity index (χ0n) is 29.0. The standard InChI is InChI=1S/C49H34N4/c1-3-9-38(48-26-35(30-52)31-53-48)11-8-10-33-16-22-46-42(25-33)43-27-39(37-19-17-36(18-20-37)32(2)24-34(28-50)29-51)21-23-47(43)49(46)44-14-6-4-12-40(44)41-13-5-7-15-45(41)49/h3-9,11-28,31,50,53H,1-2,10H2/b11-8-,34-24+,38-9+,50-28?. The van der Waals surface area contributed by atoms with Gasteiger partial charge in [0.05, 0.1) is 16.6 Å². The van der Waals surface area contributed by atoms with Crippen LogP contribution in [0.15, 0.2) is 171 Å². The summed E-state index contributed by atoms with van der Waals surface area (Å²) in [7, 11) is 0. The van der Waals surface area contributed by atoms with E-state index in [1.807, 2.05) is 30.3 Å². The minimum absolute atomic E-state index is 0.263. The molecule has 1 aromatic heterocycles. The van der Waals surface area contributed by atoms with Crippen molar-refractivity contribution in [1.29, 1.82) is 15.9 Å². The summed E-state index contributed by atoms with van der Waals surface area (Å²) in [5.41, 5.74) is 17.4. The first-order valence-electron chi connectivity index (χ1n) is 17.5. The molecule has 0 atom stereocenters. The SMILES string of the molecule is C=C/C=C(\C=C/Cc1ccc2c(c1)-c1cc(-c3ccc(C(=C)/C=C(/C#N)C=N)cc3)ccc1C21c2ccccc2-c2ccccc21)c1cc(C#N)c[nH]1. The smallest absolute Gasteiger partial charge is 0.101 e. The van der Waals surface area contributed by atoms with Crippen molar-refractivity contribution < 1.29 is 0 Å². The lowest BCUT2D eigenvalue weighted by molar-refractivity contribution is 0.793. The van der Waals surface area contributed by atoms with Crippen LogP contribution < -0.4 is 0 Å². The zero-order valence-corrected chi connectivity index (χ0v) is 29.0. The van der Waals surface area contributed by atoms with Crippen LogP contribution in [0.5, 0.6) is 0 Å². The van der Waals surface area contributed by atoms with Crippen molar-refractivity contribution in [2.24, 2.45) is 0 Å². The lowest BCUT2D eigenvalue weighted by atomic mass is 9.70. The molecular weight excluding hydrogens is 645 g/mol. The van der Waals surface area contributed by atoms with Crippen LogP contribution in [0.1, 0.15) is 44.6 Å². The lowest BCUT2D eigenvalue weighted by Crippen LogP contribution is -2.25. The Kier molecular flexibility index (Phi) is 8.35. The minimum atomic E-state index is -0.433. The normalized spacial score (nSPS) is 13.5. The molecule has 8 rings (SSSR count). The summed E-state index contributed by atoms with van der Waals surface area (Å²) >= 11 is 0. The molecule has 0 unspecified atom stereocenters. The zero-order chi connectivity index (χ0) is 36.5. The van der Waals surface area contributed by atoms with Gasteiger partial charge in [0, 0.05) is 18.1 Å². The maximum absolute atomic E-state index is 9.33. The van der Waals surface area contributed by atoms with E-state index in [4.69, 9.17) is 5.41 Å². The third-order valence-electron chi connectivity index (χ3n) is 10.4. The molecule has 250 valence electrons. The first-order chi connectivity index (χ1) is 26.0. The Morgan fingerprint density at radius 2 is 1.40 bits per heavy atom. The topological polar surface area (TPSA) is 87.2 Å². The highest BCUT2D eigenvalue weighted by molar-refractivity contribution is 5.96. The molecule has 6 aromatic rings. The third kappa shape index (κ3) is 5.42. The summed E-state index contributed by atoms with van der Waals surface area (Å²) in [5, 5.41) is 26.1. The van der Waals surface area contributed by atoms with Gasteiger partial charge in [-0.2, -0.15) is 10.5 Å². The number of hydrogen-bond acceptors (Lipinski definition) is 3. The van der Waals surface area contributed by atoms with Gasteiger partial charge in [0.15, 0.2) is 0 Å². The Hall–Kier alpha value is -7.27. The Morgan fingerprint density at radius 1 is 0.755 bits per heavy atom. The second-order valence-corrected chi connectivity index (χ2v) is 13.3. The molecule has 0 radical (unpaired) electrons. The summed E-state index contributed by atoms with van der Waals surface area (Å²) in [4.78, 5) is 3.20. The van der Waals surface area contributed by atoms with Crippen LogP contribution in [0.4, 0.5) is 0 Å². The molecular formula is C49H34N4. The summed E-state index contributed by atoms with van der Waals surface area (Å²) in [5.74, 6) is 0. The summed E-state index contributed by atoms with van der Waals surface area (Å²) in [6.45, 7) is 8.02. The fraction of sp³-hybridized carbons (Fsp3) is 0.0408. The molecule has 4 heteroatoms. The molecule has 0 amide bonds. The second-order valence-electron chi connectivity index (χ2n) is 13.3. The van der Waals surface area contributed by atoms with Crippen molar-refractivity contribution in [2.75, 3.05) is 0 Å². The monoisotopic (exact) mass is 678 g/mol. The van der Waals surface area contributed by atoms with E-state index in [1.165, 1.54) is 50.1 Å². The Morgan fingerprint density at radius 3 is 2.04 bits per heavy atom. The van der Waals surface area contributed by atoms with Crippen LogP contribution in [0.2, 0.25) is 0 Å². The van der Waals surface area contributed by atoms with Crippen molar-refractivity contribution in [1.82, 2.24) is 4.98 Å². The van der Waals surface area contributed by atoms with Crippen LogP contribution in [-0.2, 0) is 11.8 Å². The van der Waals surface area contributed by atoms with Gasteiger partial charge in [-0.1, -0.05) is 141 Å². The van der Waals surface area contributed by atoms with Gasteiger partial charge in [0.2, 0.25) is 0 Å². The van der Waals surface area contributed by atoms with Crippen LogP contribution in [0, 0.1) is 28.1 Å².